The molecule has 1 saturated heterocycles. The predicted octanol–water partition coefficient (Wildman–Crippen LogP) is 0.679. The average molecular weight is 249 g/mol. The van der Waals surface area contributed by atoms with E-state index < -0.39 is 0 Å². The molecule has 5 nitrogen and oxygen atoms in total. The van der Waals surface area contributed by atoms with Crippen molar-refractivity contribution in [1.82, 2.24) is 15.1 Å². The van der Waals surface area contributed by atoms with E-state index in [2.05, 4.69) is 40.0 Å². The molecule has 0 saturated carbocycles. The van der Waals surface area contributed by atoms with E-state index in [9.17, 15) is 0 Å². The second-order valence-electron chi connectivity index (χ2n) is 5.26. The Morgan fingerprint density at radius 3 is 2.78 bits per heavy atom. The fraction of sp³-hybridized carbons (Fsp3) is 0.692. The van der Waals surface area contributed by atoms with Crippen molar-refractivity contribution in [2.24, 2.45) is 5.73 Å². The zero-order valence-corrected chi connectivity index (χ0v) is 11.5. The van der Waals surface area contributed by atoms with E-state index in [-0.39, 0.29) is 6.04 Å². The van der Waals surface area contributed by atoms with Crippen molar-refractivity contribution in [2.75, 3.05) is 38.6 Å². The van der Waals surface area contributed by atoms with Crippen LogP contribution in [-0.4, -0.2) is 54.9 Å². The molecular weight excluding hydrogens is 226 g/mol. The fourth-order valence-electron chi connectivity index (χ4n) is 2.30. The van der Waals surface area contributed by atoms with Crippen LogP contribution in [0, 0.1) is 0 Å². The summed E-state index contributed by atoms with van der Waals surface area (Å²) in [4.78, 5) is 4.40. The third kappa shape index (κ3) is 2.79. The van der Waals surface area contributed by atoms with Crippen LogP contribution in [0.15, 0.2) is 12.1 Å². The highest BCUT2D eigenvalue weighted by molar-refractivity contribution is 5.37. The first kappa shape index (κ1) is 13.2. The van der Waals surface area contributed by atoms with Gasteiger partial charge in [0, 0.05) is 32.1 Å². The molecule has 2 heterocycles. The number of aromatic nitrogens is 2. The van der Waals surface area contributed by atoms with Crippen LogP contribution in [0.1, 0.15) is 25.0 Å². The van der Waals surface area contributed by atoms with Gasteiger partial charge in [0.25, 0.3) is 0 Å². The third-order valence-corrected chi connectivity index (χ3v) is 3.84. The van der Waals surface area contributed by atoms with Crippen molar-refractivity contribution in [3.05, 3.63) is 17.8 Å². The molecule has 2 N–H and O–H groups in total. The number of hydrogen-bond acceptors (Lipinski definition) is 5. The van der Waals surface area contributed by atoms with Gasteiger partial charge in [-0.3, -0.25) is 0 Å². The third-order valence-electron chi connectivity index (χ3n) is 3.84. The molecule has 0 spiro atoms. The van der Waals surface area contributed by atoms with Gasteiger partial charge in [-0.15, -0.1) is 5.10 Å². The van der Waals surface area contributed by atoms with Gasteiger partial charge in [0.1, 0.15) is 0 Å². The Kier molecular flexibility index (Phi) is 4.14. The van der Waals surface area contributed by atoms with Crippen LogP contribution in [0.2, 0.25) is 0 Å². The van der Waals surface area contributed by atoms with Gasteiger partial charge in [0.15, 0.2) is 5.82 Å². The van der Waals surface area contributed by atoms with Crippen molar-refractivity contribution in [3.63, 3.8) is 0 Å². The Bertz CT molecular complexity index is 356. The molecule has 1 aliphatic rings. The molecular formula is C13H23N5. The van der Waals surface area contributed by atoms with Gasteiger partial charge in [-0.2, -0.15) is 5.10 Å². The molecule has 0 aromatic carbocycles. The number of nitrogens with two attached hydrogens (primary N) is 1. The van der Waals surface area contributed by atoms with Crippen molar-refractivity contribution in [1.29, 1.82) is 0 Å². The van der Waals surface area contributed by atoms with E-state index in [0.29, 0.717) is 12.5 Å². The highest BCUT2D eigenvalue weighted by atomic mass is 15.3. The highest BCUT2D eigenvalue weighted by Crippen LogP contribution is 2.24. The molecule has 0 bridgehead atoms. The summed E-state index contributed by atoms with van der Waals surface area (Å²) in [6.07, 6.45) is 1.18. The Morgan fingerprint density at radius 2 is 2.28 bits per heavy atom. The predicted molar refractivity (Wildman–Crippen MR) is 73.8 cm³/mol. The minimum atomic E-state index is 0.280. The molecule has 18 heavy (non-hydrogen) atoms. The molecule has 1 aliphatic heterocycles. The lowest BCUT2D eigenvalue weighted by atomic mass is 10.1. The first-order chi connectivity index (χ1) is 8.61. The first-order valence-corrected chi connectivity index (χ1v) is 6.57. The summed E-state index contributed by atoms with van der Waals surface area (Å²) in [7, 11) is 4.16. The number of rotatable bonds is 4. The van der Waals surface area contributed by atoms with Crippen LogP contribution in [0.5, 0.6) is 0 Å². The molecule has 0 amide bonds. The summed E-state index contributed by atoms with van der Waals surface area (Å²) in [5.74, 6) is 1.43. The van der Waals surface area contributed by atoms with E-state index in [0.717, 1.165) is 24.6 Å². The van der Waals surface area contributed by atoms with Crippen molar-refractivity contribution >= 4 is 5.82 Å². The molecule has 2 atom stereocenters. The van der Waals surface area contributed by atoms with E-state index in [4.69, 9.17) is 5.73 Å². The van der Waals surface area contributed by atoms with Gasteiger partial charge in [0.05, 0.1) is 5.69 Å². The fourth-order valence-corrected chi connectivity index (χ4v) is 2.30. The van der Waals surface area contributed by atoms with Crippen molar-refractivity contribution in [2.45, 2.75) is 25.3 Å². The lowest BCUT2D eigenvalue weighted by Gasteiger charge is -2.24. The van der Waals surface area contributed by atoms with Crippen LogP contribution >= 0.6 is 0 Å². The van der Waals surface area contributed by atoms with Crippen LogP contribution in [-0.2, 0) is 0 Å². The molecule has 100 valence electrons. The highest BCUT2D eigenvalue weighted by Gasteiger charge is 2.22. The van der Waals surface area contributed by atoms with Crippen LogP contribution in [0.25, 0.3) is 0 Å². The summed E-state index contributed by atoms with van der Waals surface area (Å²) in [6.45, 7) is 4.94. The number of likely N-dealkylation sites (N-methyl/N-ethyl adjacent to an activating group) is 2. The summed E-state index contributed by atoms with van der Waals surface area (Å²) in [5.41, 5.74) is 6.77. The number of hydrogen-bond donors (Lipinski definition) is 1. The minimum Gasteiger partial charge on any atom is -0.354 e. The first-order valence-electron chi connectivity index (χ1n) is 6.57. The van der Waals surface area contributed by atoms with Gasteiger partial charge >= 0.3 is 0 Å². The normalized spacial score (nSPS) is 22.1. The smallest absolute Gasteiger partial charge is 0.151 e. The number of nitrogens with zero attached hydrogens (tertiary/aromatic N) is 4. The van der Waals surface area contributed by atoms with Gasteiger partial charge in [-0.1, -0.05) is 0 Å². The maximum absolute atomic E-state index is 5.66. The molecule has 0 radical (unpaired) electrons. The van der Waals surface area contributed by atoms with Crippen molar-refractivity contribution < 1.29 is 0 Å². The Labute approximate surface area is 109 Å². The molecule has 2 unspecified atom stereocenters. The lowest BCUT2D eigenvalue weighted by Crippen LogP contribution is -2.35. The SMILES string of the molecule is CC(CN)N(C)c1ccc(C2CCN(C)C2)nn1. The Balaban J connectivity index is 2.05. The van der Waals surface area contributed by atoms with Gasteiger partial charge < -0.3 is 15.5 Å². The van der Waals surface area contributed by atoms with Gasteiger partial charge in [-0.25, -0.2) is 0 Å². The molecule has 0 aliphatic carbocycles. The minimum absolute atomic E-state index is 0.280. The molecule has 5 heteroatoms. The maximum Gasteiger partial charge on any atom is 0.151 e. The zero-order valence-electron chi connectivity index (χ0n) is 11.5. The summed E-state index contributed by atoms with van der Waals surface area (Å²) >= 11 is 0. The summed E-state index contributed by atoms with van der Waals surface area (Å²) in [6, 6.07) is 4.43. The second-order valence-corrected chi connectivity index (χ2v) is 5.26. The lowest BCUT2D eigenvalue weighted by molar-refractivity contribution is 0.410. The molecule has 1 fully saturated rings. The van der Waals surface area contributed by atoms with E-state index in [1.807, 2.05) is 13.1 Å². The average Bonchev–Trinajstić information content (AvgIpc) is 2.84. The molecule has 2 rings (SSSR count). The Morgan fingerprint density at radius 1 is 1.50 bits per heavy atom. The zero-order chi connectivity index (χ0) is 13.1. The van der Waals surface area contributed by atoms with Crippen LogP contribution in [0.3, 0.4) is 0 Å². The monoisotopic (exact) mass is 249 g/mol. The van der Waals surface area contributed by atoms with Crippen molar-refractivity contribution in [3.8, 4) is 0 Å². The standard InChI is InChI=1S/C13H23N5/c1-10(8-14)18(3)13-5-4-12(15-16-13)11-6-7-17(2)9-11/h4-5,10-11H,6-9,14H2,1-3H3. The van der Waals surface area contributed by atoms with Gasteiger partial charge in [-0.05, 0) is 39.1 Å². The quantitative estimate of drug-likeness (QED) is 0.850. The van der Waals surface area contributed by atoms with Crippen LogP contribution in [0.4, 0.5) is 5.82 Å². The summed E-state index contributed by atoms with van der Waals surface area (Å²) in [5, 5.41) is 8.69. The Hall–Kier alpha value is -1.20. The van der Waals surface area contributed by atoms with E-state index in [1.54, 1.807) is 0 Å². The maximum atomic E-state index is 5.66. The number of anilines is 1. The topological polar surface area (TPSA) is 58.3 Å². The molecule has 1 aromatic rings. The second kappa shape index (κ2) is 5.63. The van der Waals surface area contributed by atoms with E-state index >= 15 is 0 Å². The molecule has 1 aromatic heterocycles. The van der Waals surface area contributed by atoms with Gasteiger partial charge in [0.2, 0.25) is 0 Å². The van der Waals surface area contributed by atoms with Crippen LogP contribution < -0.4 is 10.6 Å². The largest absolute Gasteiger partial charge is 0.354 e. The van der Waals surface area contributed by atoms with E-state index in [1.165, 1.54) is 6.42 Å². The number of likely N-dealkylation sites (tertiary alicyclic amines) is 1. The summed E-state index contributed by atoms with van der Waals surface area (Å²) < 4.78 is 0.